The van der Waals surface area contributed by atoms with Gasteiger partial charge in [-0.25, -0.2) is 0 Å². The normalized spacial score (nSPS) is 25.3. The molecule has 0 N–H and O–H groups in total. The van der Waals surface area contributed by atoms with Crippen LogP contribution in [0.25, 0.3) is 0 Å². The molecule has 0 aromatic carbocycles. The predicted octanol–water partition coefficient (Wildman–Crippen LogP) is 0.891. The number of fused-ring (bicyclic) bond motifs is 1. The second-order valence-corrected chi connectivity index (χ2v) is 6.95. The molecular weight excluding hydrogens is 292 g/mol. The molecule has 2 saturated heterocycles. The highest BCUT2D eigenvalue weighted by molar-refractivity contribution is 5.45. The molecule has 126 valence electrons. The van der Waals surface area contributed by atoms with Crippen molar-refractivity contribution < 1.29 is 9.47 Å². The first-order valence-corrected chi connectivity index (χ1v) is 8.79. The minimum atomic E-state index is 0.214. The number of anilines is 1. The van der Waals surface area contributed by atoms with Gasteiger partial charge < -0.3 is 14.4 Å². The van der Waals surface area contributed by atoms with Gasteiger partial charge in [0.1, 0.15) is 0 Å². The molecule has 0 radical (unpaired) electrons. The molecule has 2 aliphatic heterocycles. The van der Waals surface area contributed by atoms with Crippen LogP contribution in [0.15, 0.2) is 6.07 Å². The molecule has 3 aliphatic rings. The summed E-state index contributed by atoms with van der Waals surface area (Å²) in [5.74, 6) is 1.05. The van der Waals surface area contributed by atoms with Gasteiger partial charge in [-0.3, -0.25) is 4.90 Å². The first-order valence-electron chi connectivity index (χ1n) is 8.79. The summed E-state index contributed by atoms with van der Waals surface area (Å²) < 4.78 is 11.2. The van der Waals surface area contributed by atoms with E-state index >= 15 is 0 Å². The highest BCUT2D eigenvalue weighted by Gasteiger charge is 2.33. The Balaban J connectivity index is 1.30. The molecule has 1 unspecified atom stereocenters. The smallest absolute Gasteiger partial charge is 0.151 e. The van der Waals surface area contributed by atoms with Gasteiger partial charge in [0.2, 0.25) is 0 Å². The van der Waals surface area contributed by atoms with Gasteiger partial charge in [0, 0.05) is 25.7 Å². The van der Waals surface area contributed by atoms with Crippen LogP contribution in [0.2, 0.25) is 0 Å². The monoisotopic (exact) mass is 318 g/mol. The van der Waals surface area contributed by atoms with Crippen molar-refractivity contribution in [2.24, 2.45) is 0 Å². The molecule has 1 aromatic heterocycles. The van der Waals surface area contributed by atoms with Crippen molar-refractivity contribution >= 4 is 5.82 Å². The van der Waals surface area contributed by atoms with Crippen LogP contribution in [-0.2, 0) is 22.3 Å². The van der Waals surface area contributed by atoms with Gasteiger partial charge in [0.05, 0.1) is 31.6 Å². The first-order chi connectivity index (χ1) is 11.3. The minimum Gasteiger partial charge on any atom is -0.376 e. The maximum Gasteiger partial charge on any atom is 0.151 e. The van der Waals surface area contributed by atoms with Crippen molar-refractivity contribution in [2.45, 2.75) is 37.8 Å². The van der Waals surface area contributed by atoms with Gasteiger partial charge in [0.25, 0.3) is 0 Å². The van der Waals surface area contributed by atoms with E-state index in [9.17, 15) is 0 Å². The zero-order valence-corrected chi connectivity index (χ0v) is 13.9. The second-order valence-electron chi connectivity index (χ2n) is 6.95. The maximum atomic E-state index is 5.74. The lowest BCUT2D eigenvalue weighted by molar-refractivity contribution is -0.0990. The van der Waals surface area contributed by atoms with Gasteiger partial charge in [0.15, 0.2) is 5.82 Å². The van der Waals surface area contributed by atoms with Crippen LogP contribution in [0.4, 0.5) is 5.82 Å². The van der Waals surface area contributed by atoms with Gasteiger partial charge in [-0.2, -0.15) is 5.10 Å². The third kappa shape index (κ3) is 3.34. The molecule has 6 nitrogen and oxygen atoms in total. The zero-order valence-electron chi connectivity index (χ0n) is 13.9. The highest BCUT2D eigenvalue weighted by Crippen LogP contribution is 2.26. The van der Waals surface area contributed by atoms with Crippen LogP contribution < -0.4 is 4.90 Å². The molecule has 2 fully saturated rings. The molecule has 0 bridgehead atoms. The van der Waals surface area contributed by atoms with E-state index in [1.807, 2.05) is 0 Å². The van der Waals surface area contributed by atoms with Crippen LogP contribution >= 0.6 is 0 Å². The van der Waals surface area contributed by atoms with E-state index in [1.165, 1.54) is 24.1 Å². The van der Waals surface area contributed by atoms with Crippen molar-refractivity contribution in [3.05, 3.63) is 17.3 Å². The fourth-order valence-electron chi connectivity index (χ4n) is 3.67. The number of rotatable bonds is 4. The molecule has 23 heavy (non-hydrogen) atoms. The molecule has 1 aromatic rings. The molecule has 0 amide bonds. The Hall–Kier alpha value is -1.24. The number of hydrogen-bond acceptors (Lipinski definition) is 6. The van der Waals surface area contributed by atoms with Crippen LogP contribution in [0.1, 0.15) is 24.1 Å². The first kappa shape index (κ1) is 15.3. The summed E-state index contributed by atoms with van der Waals surface area (Å²) in [6.45, 7) is 5.16. The van der Waals surface area contributed by atoms with Crippen LogP contribution in [0.3, 0.4) is 0 Å². The molecule has 3 heterocycles. The topological polar surface area (TPSA) is 50.7 Å². The lowest BCUT2D eigenvalue weighted by Crippen LogP contribution is -2.60. The second kappa shape index (κ2) is 6.71. The zero-order chi connectivity index (χ0) is 15.6. The highest BCUT2D eigenvalue weighted by atomic mass is 16.6. The summed E-state index contributed by atoms with van der Waals surface area (Å²) in [7, 11) is 2.18. The molecular formula is C17H26N4O2. The summed E-state index contributed by atoms with van der Waals surface area (Å²) in [5, 5.41) is 8.88. The minimum absolute atomic E-state index is 0.214. The number of hydrogen-bond donors (Lipinski definition) is 0. The average molecular weight is 318 g/mol. The van der Waals surface area contributed by atoms with E-state index < -0.39 is 0 Å². The van der Waals surface area contributed by atoms with Gasteiger partial charge in [-0.05, 0) is 44.4 Å². The number of aromatic nitrogens is 2. The van der Waals surface area contributed by atoms with E-state index in [0.29, 0.717) is 6.04 Å². The van der Waals surface area contributed by atoms with Crippen molar-refractivity contribution in [1.82, 2.24) is 15.1 Å². The number of nitrogens with zero attached hydrogens (tertiary/aromatic N) is 4. The number of ether oxygens (including phenoxy) is 2. The standard InChI is InChI=1S/C17H26N4O2/c1-20(11-15-12-22-6-7-23-15)14-9-21(10-14)17-8-13-4-2-3-5-16(13)18-19-17/h8,14-15H,2-7,9-12H2,1H3. The lowest BCUT2D eigenvalue weighted by Gasteiger charge is -2.45. The van der Waals surface area contributed by atoms with Crippen LogP contribution in [0.5, 0.6) is 0 Å². The Morgan fingerprint density at radius 1 is 1.22 bits per heavy atom. The summed E-state index contributed by atoms with van der Waals surface area (Å²) in [6.07, 6.45) is 5.01. The quantitative estimate of drug-likeness (QED) is 0.822. The maximum absolute atomic E-state index is 5.74. The van der Waals surface area contributed by atoms with Crippen molar-refractivity contribution in [3.63, 3.8) is 0 Å². The van der Waals surface area contributed by atoms with Gasteiger partial charge in [-0.1, -0.05) is 0 Å². The van der Waals surface area contributed by atoms with E-state index in [0.717, 1.165) is 58.1 Å². The average Bonchev–Trinajstić information content (AvgIpc) is 2.54. The molecule has 1 aliphatic carbocycles. The Morgan fingerprint density at radius 3 is 2.91 bits per heavy atom. The summed E-state index contributed by atoms with van der Waals surface area (Å²) in [6, 6.07) is 2.83. The fourth-order valence-corrected chi connectivity index (χ4v) is 3.67. The van der Waals surface area contributed by atoms with Crippen molar-refractivity contribution in [2.75, 3.05) is 51.4 Å². The lowest BCUT2D eigenvalue weighted by atomic mass is 9.96. The van der Waals surface area contributed by atoms with Crippen molar-refractivity contribution in [3.8, 4) is 0 Å². The van der Waals surface area contributed by atoms with Gasteiger partial charge >= 0.3 is 0 Å². The molecule has 0 spiro atoms. The van der Waals surface area contributed by atoms with E-state index in [2.05, 4.69) is 33.1 Å². The van der Waals surface area contributed by atoms with E-state index in [-0.39, 0.29) is 6.10 Å². The molecule has 0 saturated carbocycles. The Morgan fingerprint density at radius 2 is 2.09 bits per heavy atom. The third-order valence-electron chi connectivity index (χ3n) is 5.24. The van der Waals surface area contributed by atoms with E-state index in [4.69, 9.17) is 9.47 Å². The van der Waals surface area contributed by atoms with Crippen LogP contribution in [0, 0.1) is 0 Å². The van der Waals surface area contributed by atoms with Gasteiger partial charge in [-0.15, -0.1) is 5.10 Å². The Labute approximate surface area is 137 Å². The largest absolute Gasteiger partial charge is 0.376 e. The fraction of sp³-hybridized carbons (Fsp3) is 0.765. The molecule has 6 heteroatoms. The number of likely N-dealkylation sites (N-methyl/N-ethyl adjacent to an activating group) is 1. The third-order valence-corrected chi connectivity index (χ3v) is 5.24. The molecule has 4 rings (SSSR count). The summed E-state index contributed by atoms with van der Waals surface area (Å²) in [5.41, 5.74) is 2.62. The number of aryl methyl sites for hydroxylation is 2. The SMILES string of the molecule is CN(CC1COCCO1)C1CN(c2cc3c(nn2)CCCC3)C1. The Bertz CT molecular complexity index is 541. The predicted molar refractivity (Wildman–Crippen MR) is 87.9 cm³/mol. The van der Waals surface area contributed by atoms with Crippen LogP contribution in [-0.4, -0.2) is 73.7 Å². The Kier molecular flexibility index (Phi) is 4.46. The van der Waals surface area contributed by atoms with E-state index in [1.54, 1.807) is 0 Å². The van der Waals surface area contributed by atoms with Crippen molar-refractivity contribution in [1.29, 1.82) is 0 Å². The summed E-state index contributed by atoms with van der Waals surface area (Å²) in [4.78, 5) is 4.73. The molecule has 1 atom stereocenters. The summed E-state index contributed by atoms with van der Waals surface area (Å²) >= 11 is 0.